The van der Waals surface area contributed by atoms with E-state index < -0.39 is 62.8 Å². The highest BCUT2D eigenvalue weighted by Gasteiger charge is 2.69. The number of urea groups is 1. The molecule has 276 valence electrons. The molecule has 3 aliphatic carbocycles. The number of nitrogens with zero attached hydrogens (tertiary/aromatic N) is 3. The standard InChI is InChI=1S/C35H58N6O7S/c1-33(2,3)25(19-40-14-13-39(49(40,47)48)17-21-11-12-21)37-32(46)38-29(34(4,5)6)31(45)41-18-23-26(35(23,7)8)27(41)24(42)16-22(15-20-9-10-20)28(43)30(36)44/h20-23,25-27,29H,9-19H2,1-8H3,(H2,36,44)(H2,37,38,46)/t22?,23-,25+,26-,27+,29+/m0/s1. The molecule has 0 radical (unpaired) electrons. The minimum Gasteiger partial charge on any atom is -0.363 e. The second kappa shape index (κ2) is 13.2. The summed E-state index contributed by atoms with van der Waals surface area (Å²) in [4.78, 5) is 68.3. The van der Waals surface area contributed by atoms with Crippen molar-refractivity contribution in [3.05, 3.63) is 0 Å². The van der Waals surface area contributed by atoms with Gasteiger partial charge in [0.2, 0.25) is 11.7 Å². The van der Waals surface area contributed by atoms with E-state index in [0.29, 0.717) is 44.4 Å². The Bertz CT molecular complexity index is 1460. The first kappa shape index (κ1) is 37.7. The summed E-state index contributed by atoms with van der Waals surface area (Å²) in [5, 5.41) is 5.88. The SMILES string of the molecule is CC(C)(C)[C@H](NC(=O)N[C@H](CN1CCN(CC2CC2)S1(=O)=O)C(C)(C)C)C(=O)N1C[C@H]2[C@@H]([C@H]1C(=O)CC(CC1CC1)C(=O)C(N)=O)C2(C)C. The van der Waals surface area contributed by atoms with Gasteiger partial charge in [-0.15, -0.1) is 0 Å². The van der Waals surface area contributed by atoms with Crippen molar-refractivity contribution in [1.82, 2.24) is 24.1 Å². The highest BCUT2D eigenvalue weighted by molar-refractivity contribution is 7.87. The number of primary amides is 1. The first-order valence-electron chi connectivity index (χ1n) is 18.0. The van der Waals surface area contributed by atoms with Gasteiger partial charge in [0.05, 0.1) is 6.04 Å². The number of nitrogens with one attached hydrogen (secondary N) is 2. The third-order valence-corrected chi connectivity index (χ3v) is 13.7. The zero-order valence-corrected chi connectivity index (χ0v) is 31.4. The summed E-state index contributed by atoms with van der Waals surface area (Å²) in [6.07, 6.45) is 4.29. The lowest BCUT2D eigenvalue weighted by molar-refractivity contribution is -0.144. The predicted molar refractivity (Wildman–Crippen MR) is 184 cm³/mol. The highest BCUT2D eigenvalue weighted by atomic mass is 32.2. The quantitative estimate of drug-likeness (QED) is 0.232. The Morgan fingerprint density at radius 2 is 1.47 bits per heavy atom. The lowest BCUT2D eigenvalue weighted by Gasteiger charge is -2.39. The van der Waals surface area contributed by atoms with E-state index in [9.17, 15) is 32.4 Å². The van der Waals surface area contributed by atoms with Gasteiger partial charge in [0.15, 0.2) is 5.78 Å². The molecule has 13 nitrogen and oxygen atoms in total. The van der Waals surface area contributed by atoms with Gasteiger partial charge in [-0.1, -0.05) is 68.2 Å². The van der Waals surface area contributed by atoms with Crippen LogP contribution in [-0.4, -0.2) is 102 Å². The van der Waals surface area contributed by atoms with E-state index in [-0.39, 0.29) is 41.9 Å². The summed E-state index contributed by atoms with van der Waals surface area (Å²) in [6, 6.07) is -2.92. The van der Waals surface area contributed by atoms with Gasteiger partial charge < -0.3 is 21.3 Å². The molecular formula is C35H58N6O7S. The third kappa shape index (κ3) is 8.16. The zero-order chi connectivity index (χ0) is 36.4. The fourth-order valence-corrected chi connectivity index (χ4v) is 9.64. The number of amides is 4. The van der Waals surface area contributed by atoms with Crippen molar-refractivity contribution in [3.63, 3.8) is 0 Å². The molecular weight excluding hydrogens is 648 g/mol. The van der Waals surface area contributed by atoms with Crippen molar-refractivity contribution in [1.29, 1.82) is 0 Å². The molecule has 2 saturated heterocycles. The molecule has 5 aliphatic rings. The molecule has 0 aromatic rings. The number of rotatable bonds is 14. The van der Waals surface area contributed by atoms with E-state index in [1.54, 1.807) is 4.90 Å². The fraction of sp³-hybridized carbons (Fsp3) is 0.857. The minimum absolute atomic E-state index is 0.0872. The first-order valence-corrected chi connectivity index (χ1v) is 19.4. The fourth-order valence-electron chi connectivity index (χ4n) is 7.95. The van der Waals surface area contributed by atoms with E-state index in [0.717, 1.165) is 25.7 Å². The minimum atomic E-state index is -3.64. The van der Waals surface area contributed by atoms with Gasteiger partial charge in [0.1, 0.15) is 6.04 Å². The van der Waals surface area contributed by atoms with Crippen molar-refractivity contribution in [2.45, 2.75) is 112 Å². The summed E-state index contributed by atoms with van der Waals surface area (Å²) in [6.45, 7) is 17.2. The van der Waals surface area contributed by atoms with Gasteiger partial charge >= 0.3 is 6.03 Å². The Morgan fingerprint density at radius 3 is 2.00 bits per heavy atom. The maximum absolute atomic E-state index is 14.4. The number of piperidine rings is 1. The molecule has 0 aromatic heterocycles. The van der Waals surface area contributed by atoms with Crippen LogP contribution >= 0.6 is 0 Å². The second-order valence-electron chi connectivity index (χ2n) is 18.2. The first-order chi connectivity index (χ1) is 22.5. The van der Waals surface area contributed by atoms with Crippen LogP contribution in [0, 0.1) is 45.8 Å². The molecule has 0 spiro atoms. The van der Waals surface area contributed by atoms with Crippen molar-refractivity contribution in [2.75, 3.05) is 32.7 Å². The van der Waals surface area contributed by atoms with Crippen LogP contribution in [0.1, 0.15) is 93.9 Å². The Morgan fingerprint density at radius 1 is 0.878 bits per heavy atom. The number of fused-ring (bicyclic) bond motifs is 1. The van der Waals surface area contributed by atoms with Crippen molar-refractivity contribution in [2.24, 2.45) is 51.6 Å². The van der Waals surface area contributed by atoms with Gasteiger partial charge in [-0.25, -0.2) is 4.79 Å². The number of ketones is 2. The molecule has 14 heteroatoms. The summed E-state index contributed by atoms with van der Waals surface area (Å²) in [5.74, 6) is -2.48. The molecule has 3 saturated carbocycles. The number of carbonyl (C=O) groups is 5. The Labute approximate surface area is 292 Å². The lowest BCUT2D eigenvalue weighted by Crippen LogP contribution is -2.61. The molecule has 49 heavy (non-hydrogen) atoms. The second-order valence-corrected chi connectivity index (χ2v) is 20.1. The summed E-state index contributed by atoms with van der Waals surface area (Å²) >= 11 is 0. The van der Waals surface area contributed by atoms with Crippen molar-refractivity contribution < 1.29 is 32.4 Å². The molecule has 2 heterocycles. The molecule has 0 bridgehead atoms. The van der Waals surface area contributed by atoms with E-state index in [2.05, 4.69) is 24.5 Å². The van der Waals surface area contributed by atoms with Crippen LogP contribution in [0.5, 0.6) is 0 Å². The molecule has 4 N–H and O–H groups in total. The molecule has 4 amide bonds. The van der Waals surface area contributed by atoms with E-state index in [1.807, 2.05) is 41.5 Å². The molecule has 1 unspecified atom stereocenters. The Hall–Kier alpha value is -2.58. The number of carbonyl (C=O) groups excluding carboxylic acids is 5. The summed E-state index contributed by atoms with van der Waals surface area (Å²) < 4.78 is 29.6. The van der Waals surface area contributed by atoms with Gasteiger partial charge in [-0.05, 0) is 59.2 Å². The molecule has 0 aromatic carbocycles. The third-order valence-electron chi connectivity index (χ3n) is 11.7. The lowest BCUT2D eigenvalue weighted by atomic mass is 9.84. The summed E-state index contributed by atoms with van der Waals surface area (Å²) in [7, 11) is -3.64. The number of nitrogens with two attached hydrogens (primary N) is 1. The van der Waals surface area contributed by atoms with Crippen LogP contribution in [0.4, 0.5) is 4.79 Å². The molecule has 5 fully saturated rings. The van der Waals surface area contributed by atoms with Gasteiger partial charge in [-0.2, -0.15) is 17.0 Å². The van der Waals surface area contributed by atoms with Crippen LogP contribution in [0.15, 0.2) is 0 Å². The topological polar surface area (TPSA) is 179 Å². The zero-order valence-electron chi connectivity index (χ0n) is 30.6. The Balaban J connectivity index is 1.30. The van der Waals surface area contributed by atoms with Gasteiger partial charge in [0.25, 0.3) is 16.1 Å². The van der Waals surface area contributed by atoms with Crippen molar-refractivity contribution >= 4 is 39.6 Å². The number of hydrogen-bond donors (Lipinski definition) is 3. The smallest absolute Gasteiger partial charge is 0.315 e. The van der Waals surface area contributed by atoms with E-state index >= 15 is 0 Å². The van der Waals surface area contributed by atoms with Crippen LogP contribution in [0.2, 0.25) is 0 Å². The molecule has 2 aliphatic heterocycles. The normalized spacial score (nSPS) is 28.3. The average molecular weight is 707 g/mol. The highest BCUT2D eigenvalue weighted by Crippen LogP contribution is 2.65. The van der Waals surface area contributed by atoms with Crippen LogP contribution in [0.3, 0.4) is 0 Å². The van der Waals surface area contributed by atoms with Crippen LogP contribution in [-0.2, 0) is 29.4 Å². The number of likely N-dealkylation sites (tertiary alicyclic amines) is 1. The van der Waals surface area contributed by atoms with E-state index in [4.69, 9.17) is 5.73 Å². The predicted octanol–water partition coefficient (Wildman–Crippen LogP) is 2.30. The molecule has 6 atom stereocenters. The van der Waals surface area contributed by atoms with Gasteiger partial charge in [0, 0.05) is 51.1 Å². The number of hydrogen-bond acceptors (Lipinski definition) is 7. The maximum atomic E-state index is 14.4. The Kier molecular flexibility index (Phi) is 10.1. The molecule has 5 rings (SSSR count). The monoisotopic (exact) mass is 706 g/mol. The summed E-state index contributed by atoms with van der Waals surface area (Å²) in [5.41, 5.74) is 3.95. The van der Waals surface area contributed by atoms with E-state index in [1.165, 1.54) is 8.61 Å². The van der Waals surface area contributed by atoms with Crippen LogP contribution in [0.25, 0.3) is 0 Å². The van der Waals surface area contributed by atoms with Crippen LogP contribution < -0.4 is 16.4 Å². The average Bonchev–Trinajstić information content (AvgIpc) is 3.93. The van der Waals surface area contributed by atoms with Gasteiger partial charge in [-0.3, -0.25) is 19.2 Å². The maximum Gasteiger partial charge on any atom is 0.315 e. The largest absolute Gasteiger partial charge is 0.363 e. The number of Topliss-reactive ketones (excluding diaryl/α,β-unsaturated/α-hetero) is 2. The van der Waals surface area contributed by atoms with Crippen molar-refractivity contribution in [3.8, 4) is 0 Å².